The number of nitrogens with zero attached hydrogens (tertiary/aromatic N) is 3. The number of rotatable bonds is 2. The monoisotopic (exact) mass is 272 g/mol. The first-order chi connectivity index (χ1) is 9.63. The molecule has 3 rings (SSSR count). The Morgan fingerprint density at radius 3 is 2.60 bits per heavy atom. The molecule has 1 fully saturated rings. The number of anilines is 2. The fourth-order valence-corrected chi connectivity index (χ4v) is 2.29. The van der Waals surface area contributed by atoms with Crippen LogP contribution in [0.3, 0.4) is 0 Å². The Morgan fingerprint density at radius 2 is 2.00 bits per heavy atom. The Morgan fingerprint density at radius 1 is 1.25 bits per heavy atom. The van der Waals surface area contributed by atoms with Crippen LogP contribution in [0.1, 0.15) is 0 Å². The van der Waals surface area contributed by atoms with Gasteiger partial charge in [0.25, 0.3) is 0 Å². The van der Waals surface area contributed by atoms with Crippen LogP contribution in [0.15, 0.2) is 34.9 Å². The third-order valence-electron chi connectivity index (χ3n) is 3.40. The lowest BCUT2D eigenvalue weighted by atomic mass is 10.1. The zero-order valence-electron chi connectivity index (χ0n) is 11.2. The molecule has 2 heterocycles. The van der Waals surface area contributed by atoms with Gasteiger partial charge in [-0.15, -0.1) is 0 Å². The van der Waals surface area contributed by atoms with E-state index >= 15 is 0 Å². The van der Waals surface area contributed by atoms with Crippen molar-refractivity contribution in [1.82, 2.24) is 10.1 Å². The van der Waals surface area contributed by atoms with E-state index in [4.69, 9.17) is 10.3 Å². The number of carbonyl (C=O) groups excluding carboxylic acids is 1. The minimum Gasteiger partial charge on any atom is -0.381 e. The number of nitrogens with two attached hydrogens (primary N) is 1. The van der Waals surface area contributed by atoms with E-state index in [0.29, 0.717) is 24.7 Å². The van der Waals surface area contributed by atoms with Crippen molar-refractivity contribution in [2.45, 2.75) is 0 Å². The zero-order chi connectivity index (χ0) is 14.1. The van der Waals surface area contributed by atoms with Crippen molar-refractivity contribution in [3.05, 3.63) is 30.3 Å². The predicted molar refractivity (Wildman–Crippen MR) is 76.2 cm³/mol. The molecule has 1 amide bonds. The van der Waals surface area contributed by atoms with Gasteiger partial charge in [0.05, 0.1) is 6.54 Å². The SMILES string of the molecule is CN1CCN(c2ccc(-c3cc(N)no3)cc2)C(=O)C1. The molecule has 6 heteroatoms. The maximum Gasteiger partial charge on any atom is 0.241 e. The summed E-state index contributed by atoms with van der Waals surface area (Å²) >= 11 is 0. The minimum atomic E-state index is 0.121. The molecular formula is C14H16N4O2. The van der Waals surface area contributed by atoms with Crippen LogP contribution >= 0.6 is 0 Å². The lowest BCUT2D eigenvalue weighted by Gasteiger charge is -2.32. The van der Waals surface area contributed by atoms with E-state index in [9.17, 15) is 4.79 Å². The Bertz CT molecular complexity index is 620. The molecule has 1 saturated heterocycles. The van der Waals surface area contributed by atoms with Crippen LogP contribution in [-0.2, 0) is 4.79 Å². The van der Waals surface area contributed by atoms with Crippen molar-refractivity contribution in [2.75, 3.05) is 37.3 Å². The number of amides is 1. The molecule has 0 bridgehead atoms. The summed E-state index contributed by atoms with van der Waals surface area (Å²) in [5, 5.41) is 3.66. The fourth-order valence-electron chi connectivity index (χ4n) is 2.29. The topological polar surface area (TPSA) is 75.6 Å². The van der Waals surface area contributed by atoms with Gasteiger partial charge in [-0.3, -0.25) is 9.69 Å². The maximum absolute atomic E-state index is 12.0. The second-order valence-corrected chi connectivity index (χ2v) is 4.95. The van der Waals surface area contributed by atoms with E-state index in [0.717, 1.165) is 17.8 Å². The summed E-state index contributed by atoms with van der Waals surface area (Å²) in [5.74, 6) is 1.10. The third-order valence-corrected chi connectivity index (χ3v) is 3.40. The first-order valence-corrected chi connectivity index (χ1v) is 6.45. The zero-order valence-corrected chi connectivity index (χ0v) is 11.2. The van der Waals surface area contributed by atoms with Crippen molar-refractivity contribution in [1.29, 1.82) is 0 Å². The van der Waals surface area contributed by atoms with Crippen molar-refractivity contribution >= 4 is 17.4 Å². The van der Waals surface area contributed by atoms with E-state index in [1.807, 2.05) is 36.2 Å². The second-order valence-electron chi connectivity index (χ2n) is 4.95. The average molecular weight is 272 g/mol. The molecule has 2 aromatic rings. The van der Waals surface area contributed by atoms with E-state index in [1.165, 1.54) is 0 Å². The molecule has 2 N–H and O–H groups in total. The lowest BCUT2D eigenvalue weighted by Crippen LogP contribution is -2.48. The molecule has 0 atom stereocenters. The number of hydrogen-bond donors (Lipinski definition) is 1. The van der Waals surface area contributed by atoms with Crippen molar-refractivity contribution in [3.63, 3.8) is 0 Å². The number of nitrogen functional groups attached to an aromatic ring is 1. The van der Waals surface area contributed by atoms with Crippen LogP contribution in [0.25, 0.3) is 11.3 Å². The highest BCUT2D eigenvalue weighted by atomic mass is 16.5. The van der Waals surface area contributed by atoms with Crippen molar-refractivity contribution in [3.8, 4) is 11.3 Å². The molecule has 1 aliphatic rings. The largest absolute Gasteiger partial charge is 0.381 e. The molecule has 20 heavy (non-hydrogen) atoms. The second kappa shape index (κ2) is 4.97. The van der Waals surface area contributed by atoms with Crippen LogP contribution in [0.4, 0.5) is 11.5 Å². The summed E-state index contributed by atoms with van der Waals surface area (Å²) in [4.78, 5) is 15.8. The number of carbonyl (C=O) groups is 1. The van der Waals surface area contributed by atoms with Gasteiger partial charge < -0.3 is 15.2 Å². The molecule has 6 nitrogen and oxygen atoms in total. The van der Waals surface area contributed by atoms with Crippen LogP contribution in [0.5, 0.6) is 0 Å². The Hall–Kier alpha value is -2.34. The van der Waals surface area contributed by atoms with Crippen LogP contribution in [-0.4, -0.2) is 42.6 Å². The van der Waals surface area contributed by atoms with Gasteiger partial charge in [0.1, 0.15) is 0 Å². The average Bonchev–Trinajstić information content (AvgIpc) is 2.86. The van der Waals surface area contributed by atoms with Gasteiger partial charge >= 0.3 is 0 Å². The van der Waals surface area contributed by atoms with Gasteiger partial charge in [0.15, 0.2) is 11.6 Å². The Labute approximate surface area is 116 Å². The van der Waals surface area contributed by atoms with Gasteiger partial charge in [-0.2, -0.15) is 0 Å². The van der Waals surface area contributed by atoms with Gasteiger partial charge in [-0.05, 0) is 31.3 Å². The molecule has 1 aromatic heterocycles. The summed E-state index contributed by atoms with van der Waals surface area (Å²) in [6.07, 6.45) is 0. The summed E-state index contributed by atoms with van der Waals surface area (Å²) in [6, 6.07) is 9.31. The van der Waals surface area contributed by atoms with Crippen LogP contribution < -0.4 is 10.6 Å². The highest BCUT2D eigenvalue weighted by Crippen LogP contribution is 2.25. The molecule has 0 spiro atoms. The van der Waals surface area contributed by atoms with Gasteiger partial charge in [0, 0.05) is 30.4 Å². The van der Waals surface area contributed by atoms with Gasteiger partial charge in [0.2, 0.25) is 5.91 Å². The number of piperazine rings is 1. The quantitative estimate of drug-likeness (QED) is 0.889. The fraction of sp³-hybridized carbons (Fsp3) is 0.286. The third kappa shape index (κ3) is 2.37. The lowest BCUT2D eigenvalue weighted by molar-refractivity contribution is -0.120. The Kier molecular flexibility index (Phi) is 3.15. The molecule has 1 aliphatic heterocycles. The number of benzene rings is 1. The maximum atomic E-state index is 12.0. The van der Waals surface area contributed by atoms with Gasteiger partial charge in [-0.25, -0.2) is 0 Å². The molecule has 0 saturated carbocycles. The van der Waals surface area contributed by atoms with Crippen molar-refractivity contribution < 1.29 is 9.32 Å². The summed E-state index contributed by atoms with van der Waals surface area (Å²) in [7, 11) is 1.95. The Balaban J connectivity index is 1.81. The van der Waals surface area contributed by atoms with Crippen molar-refractivity contribution in [2.24, 2.45) is 0 Å². The molecule has 104 valence electrons. The summed E-state index contributed by atoms with van der Waals surface area (Å²) < 4.78 is 5.11. The van der Waals surface area contributed by atoms with Crippen LogP contribution in [0.2, 0.25) is 0 Å². The molecule has 0 aliphatic carbocycles. The number of aromatic nitrogens is 1. The summed E-state index contributed by atoms with van der Waals surface area (Å²) in [6.45, 7) is 2.05. The standard InChI is InChI=1S/C14H16N4O2/c1-17-6-7-18(14(19)9-17)11-4-2-10(3-5-11)12-8-13(15)16-20-12/h2-5,8H,6-7,9H2,1H3,(H2,15,16). The van der Waals surface area contributed by atoms with E-state index < -0.39 is 0 Å². The molecule has 0 unspecified atom stereocenters. The highest BCUT2D eigenvalue weighted by Gasteiger charge is 2.22. The first kappa shape index (κ1) is 12.7. The summed E-state index contributed by atoms with van der Waals surface area (Å²) in [5.41, 5.74) is 7.32. The van der Waals surface area contributed by atoms with E-state index in [1.54, 1.807) is 11.0 Å². The molecule has 1 aromatic carbocycles. The highest BCUT2D eigenvalue weighted by molar-refractivity contribution is 5.95. The normalized spacial score (nSPS) is 16.6. The van der Waals surface area contributed by atoms with Gasteiger partial charge in [-0.1, -0.05) is 5.16 Å². The van der Waals surface area contributed by atoms with Crippen LogP contribution in [0, 0.1) is 0 Å². The number of hydrogen-bond acceptors (Lipinski definition) is 5. The first-order valence-electron chi connectivity index (χ1n) is 6.45. The van der Waals surface area contributed by atoms with E-state index in [2.05, 4.69) is 5.16 Å². The molecule has 0 radical (unpaired) electrons. The predicted octanol–water partition coefficient (Wildman–Crippen LogP) is 1.20. The smallest absolute Gasteiger partial charge is 0.241 e. The number of likely N-dealkylation sites (N-methyl/N-ethyl adjacent to an activating group) is 1. The molecular weight excluding hydrogens is 256 g/mol. The minimum absolute atomic E-state index is 0.121. The van der Waals surface area contributed by atoms with E-state index in [-0.39, 0.29) is 5.91 Å².